The van der Waals surface area contributed by atoms with Gasteiger partial charge in [-0.15, -0.1) is 0 Å². The van der Waals surface area contributed by atoms with Crippen molar-refractivity contribution in [2.75, 3.05) is 19.8 Å². The van der Waals surface area contributed by atoms with E-state index in [4.69, 9.17) is 37.6 Å². The topological polar surface area (TPSA) is 94.1 Å². The highest BCUT2D eigenvalue weighted by Gasteiger charge is 2.76. The Morgan fingerprint density at radius 1 is 0.824 bits per heavy atom. The summed E-state index contributed by atoms with van der Waals surface area (Å²) in [5, 5.41) is 11.8. The van der Waals surface area contributed by atoms with Gasteiger partial charge >= 0.3 is 0 Å². The van der Waals surface area contributed by atoms with Crippen molar-refractivity contribution in [2.45, 2.75) is 134 Å². The van der Waals surface area contributed by atoms with Gasteiger partial charge in [-0.25, -0.2) is 0 Å². The molecule has 4 aliphatic rings. The van der Waals surface area contributed by atoms with Gasteiger partial charge in [-0.1, -0.05) is 20.8 Å². The van der Waals surface area contributed by atoms with Gasteiger partial charge in [-0.2, -0.15) is 0 Å². The Labute approximate surface area is 204 Å². The predicted molar refractivity (Wildman–Crippen MR) is 126 cm³/mol. The summed E-state index contributed by atoms with van der Waals surface area (Å²) < 4.78 is 50.8. The summed E-state index contributed by atoms with van der Waals surface area (Å²) in [5.41, 5.74) is -2.57. The van der Waals surface area contributed by atoms with E-state index >= 15 is 0 Å². The summed E-state index contributed by atoms with van der Waals surface area (Å²) in [6, 6.07) is 0. The molecule has 0 radical (unpaired) electrons. The van der Waals surface area contributed by atoms with Crippen LogP contribution < -0.4 is 0 Å². The quantitative estimate of drug-likeness (QED) is 0.581. The van der Waals surface area contributed by atoms with E-state index in [1.165, 1.54) is 0 Å². The van der Waals surface area contributed by atoms with Crippen LogP contribution in [0.5, 0.6) is 0 Å². The van der Waals surface area contributed by atoms with Crippen LogP contribution >= 0.6 is 0 Å². The van der Waals surface area contributed by atoms with E-state index in [-0.39, 0.29) is 24.9 Å². The lowest BCUT2D eigenvalue weighted by atomic mass is 9.73. The largest absolute Gasteiger partial charge is 0.390 e. The zero-order valence-electron chi connectivity index (χ0n) is 22.6. The fraction of sp³-hybridized carbons (Fsp3) is 1.00. The van der Waals surface area contributed by atoms with E-state index in [0.717, 1.165) is 0 Å². The van der Waals surface area contributed by atoms with E-state index in [1.54, 1.807) is 0 Å². The number of fused-ring (bicyclic) bond motifs is 1. The van der Waals surface area contributed by atoms with E-state index in [2.05, 4.69) is 33.9 Å². The molecule has 10 heteroatoms. The Kier molecular flexibility index (Phi) is 6.27. The standard InChI is InChI=1S/C24H44O9Si/c1-19(2,3)34(10,11)31-18-24(14-28-22(8,9)33-24)23(13-27-21(6,7)32-23)17(25)16(29-18)15-12-26-20(4,5)30-15/h15-18,25H,12-14H2,1-11H3/t15-,16-,17-,18-,23+,24-/m0/s1. The lowest BCUT2D eigenvalue weighted by Gasteiger charge is -2.57. The highest BCUT2D eigenvalue weighted by Crippen LogP contribution is 2.56. The molecule has 4 heterocycles. The third kappa shape index (κ3) is 4.31. The second kappa shape index (κ2) is 7.93. The van der Waals surface area contributed by atoms with E-state index < -0.39 is 61.5 Å². The number of ether oxygens (including phenoxy) is 7. The van der Waals surface area contributed by atoms with E-state index in [9.17, 15) is 5.11 Å². The Morgan fingerprint density at radius 2 is 1.35 bits per heavy atom. The molecule has 0 saturated carbocycles. The summed E-state index contributed by atoms with van der Waals surface area (Å²) in [6.45, 7) is 22.3. The summed E-state index contributed by atoms with van der Waals surface area (Å²) in [5.74, 6) is -2.66. The average Bonchev–Trinajstić information content (AvgIpc) is 3.29. The fourth-order valence-corrected chi connectivity index (χ4v) is 6.15. The predicted octanol–water partition coefficient (Wildman–Crippen LogP) is 3.29. The molecule has 0 aromatic heterocycles. The highest BCUT2D eigenvalue weighted by atomic mass is 28.4. The molecule has 4 rings (SSSR count). The van der Waals surface area contributed by atoms with Gasteiger partial charge in [0.15, 0.2) is 43.2 Å². The van der Waals surface area contributed by atoms with Crippen LogP contribution in [0.15, 0.2) is 0 Å². The van der Waals surface area contributed by atoms with Crippen molar-refractivity contribution in [3.63, 3.8) is 0 Å². The minimum absolute atomic E-state index is 0.0908. The third-order valence-corrected chi connectivity index (χ3v) is 12.3. The van der Waals surface area contributed by atoms with E-state index in [1.807, 2.05) is 41.5 Å². The maximum absolute atomic E-state index is 11.9. The summed E-state index contributed by atoms with van der Waals surface area (Å²) in [7, 11) is -2.37. The van der Waals surface area contributed by atoms with Crippen LogP contribution in [-0.2, 0) is 37.6 Å². The normalized spacial score (nSPS) is 43.8. The van der Waals surface area contributed by atoms with Crippen LogP contribution in [0.25, 0.3) is 0 Å². The molecule has 0 unspecified atom stereocenters. The third-order valence-electron chi connectivity index (χ3n) is 7.90. The van der Waals surface area contributed by atoms with Crippen LogP contribution in [-0.4, -0.2) is 86.4 Å². The van der Waals surface area contributed by atoms with Crippen LogP contribution in [0.2, 0.25) is 18.1 Å². The summed E-state index contributed by atoms with van der Waals surface area (Å²) >= 11 is 0. The Morgan fingerprint density at radius 3 is 1.76 bits per heavy atom. The first-order valence-corrected chi connectivity index (χ1v) is 15.2. The van der Waals surface area contributed by atoms with Crippen LogP contribution in [0, 0.1) is 0 Å². The van der Waals surface area contributed by atoms with Crippen molar-refractivity contribution >= 4 is 8.32 Å². The van der Waals surface area contributed by atoms with Gasteiger partial charge < -0.3 is 42.7 Å². The molecule has 4 aliphatic heterocycles. The van der Waals surface area contributed by atoms with Crippen LogP contribution in [0.4, 0.5) is 0 Å². The fourth-order valence-electron chi connectivity index (χ4n) is 5.01. The second-order valence-corrected chi connectivity index (χ2v) is 17.7. The minimum atomic E-state index is -2.37. The van der Waals surface area contributed by atoms with Gasteiger partial charge in [0.1, 0.15) is 18.3 Å². The first-order chi connectivity index (χ1) is 15.3. The lowest BCUT2D eigenvalue weighted by molar-refractivity contribution is -0.381. The van der Waals surface area contributed by atoms with Crippen molar-refractivity contribution in [1.82, 2.24) is 0 Å². The smallest absolute Gasteiger partial charge is 0.195 e. The lowest BCUT2D eigenvalue weighted by Crippen LogP contribution is -2.79. The molecule has 1 N–H and O–H groups in total. The molecule has 9 nitrogen and oxygen atoms in total. The molecular weight excluding hydrogens is 460 g/mol. The maximum atomic E-state index is 11.9. The van der Waals surface area contributed by atoms with Gasteiger partial charge in [0.05, 0.1) is 19.8 Å². The molecule has 198 valence electrons. The average molecular weight is 505 g/mol. The SMILES string of the molecule is CC1(C)OC[C@@H]([C@@H]2O[C@@H](O[Si](C)(C)C(C)(C)C)[C@@]3(COC(C)(C)O3)[C@@]3(COC(C)(C)O3)[C@H]2O)O1. The Hall–Kier alpha value is -0.143. The highest BCUT2D eigenvalue weighted by molar-refractivity contribution is 6.74. The molecule has 34 heavy (non-hydrogen) atoms. The number of hydrogen-bond donors (Lipinski definition) is 1. The minimum Gasteiger partial charge on any atom is -0.390 e. The van der Waals surface area contributed by atoms with Crippen LogP contribution in [0.3, 0.4) is 0 Å². The number of aliphatic hydroxyl groups excluding tert-OH is 1. The van der Waals surface area contributed by atoms with E-state index in [0.29, 0.717) is 0 Å². The summed E-state index contributed by atoms with van der Waals surface area (Å²) in [6.07, 6.45) is -3.33. The molecule has 0 aromatic rings. The van der Waals surface area contributed by atoms with Gasteiger partial charge in [-0.05, 0) is 59.7 Å². The summed E-state index contributed by atoms with van der Waals surface area (Å²) in [4.78, 5) is 0. The van der Waals surface area contributed by atoms with Crippen molar-refractivity contribution < 1.29 is 42.7 Å². The second-order valence-electron chi connectivity index (χ2n) is 13.0. The van der Waals surface area contributed by atoms with Crippen molar-refractivity contribution in [1.29, 1.82) is 0 Å². The molecule has 0 aliphatic carbocycles. The number of hydrogen-bond acceptors (Lipinski definition) is 9. The maximum Gasteiger partial charge on any atom is 0.195 e. The van der Waals surface area contributed by atoms with Crippen molar-refractivity contribution in [3.05, 3.63) is 0 Å². The molecule has 2 spiro atoms. The molecule has 0 amide bonds. The Balaban J connectivity index is 1.82. The van der Waals surface area contributed by atoms with Gasteiger partial charge in [-0.3, -0.25) is 0 Å². The Bertz CT molecular complexity index is 792. The molecule has 6 atom stereocenters. The first kappa shape index (κ1) is 26.9. The van der Waals surface area contributed by atoms with Gasteiger partial charge in [0.25, 0.3) is 0 Å². The van der Waals surface area contributed by atoms with Crippen molar-refractivity contribution in [3.8, 4) is 0 Å². The molecule has 0 bridgehead atoms. The van der Waals surface area contributed by atoms with Crippen LogP contribution in [0.1, 0.15) is 62.3 Å². The molecule has 4 saturated heterocycles. The first-order valence-electron chi connectivity index (χ1n) is 12.3. The number of rotatable bonds is 3. The van der Waals surface area contributed by atoms with Gasteiger partial charge in [0, 0.05) is 0 Å². The zero-order chi connectivity index (χ0) is 25.6. The molecular formula is C24H44O9Si. The monoisotopic (exact) mass is 504 g/mol. The number of aliphatic hydroxyl groups is 1. The molecule has 0 aromatic carbocycles. The van der Waals surface area contributed by atoms with Gasteiger partial charge in [0.2, 0.25) is 0 Å². The van der Waals surface area contributed by atoms with Crippen molar-refractivity contribution in [2.24, 2.45) is 0 Å². The zero-order valence-corrected chi connectivity index (χ0v) is 23.6. The molecule has 4 fully saturated rings.